The Balaban J connectivity index is 1.44. The summed E-state index contributed by atoms with van der Waals surface area (Å²) in [5.74, 6) is 0.903. The fourth-order valence-electron chi connectivity index (χ4n) is 4.71. The SMILES string of the molecule is CCC(CN)=C1CN(c2nc(Oc3ncc(C4CC4)cn3)nc3[nH]c4c(NC)cc(F)cc4c23)C1. The van der Waals surface area contributed by atoms with Gasteiger partial charge in [0.1, 0.15) is 17.3 Å². The van der Waals surface area contributed by atoms with Crippen LogP contribution in [0.5, 0.6) is 12.0 Å². The van der Waals surface area contributed by atoms with Crippen molar-refractivity contribution in [1.29, 1.82) is 0 Å². The van der Waals surface area contributed by atoms with E-state index in [-0.39, 0.29) is 17.8 Å². The first-order chi connectivity index (χ1) is 17.1. The van der Waals surface area contributed by atoms with Gasteiger partial charge in [0.25, 0.3) is 0 Å². The fourth-order valence-corrected chi connectivity index (χ4v) is 4.71. The molecule has 0 unspecified atom stereocenters. The van der Waals surface area contributed by atoms with E-state index in [4.69, 9.17) is 15.5 Å². The van der Waals surface area contributed by atoms with E-state index in [0.29, 0.717) is 48.1 Å². The van der Waals surface area contributed by atoms with Crippen LogP contribution < -0.4 is 20.7 Å². The number of ether oxygens (including phenoxy) is 1. The van der Waals surface area contributed by atoms with Gasteiger partial charge < -0.3 is 25.7 Å². The second-order valence-corrected chi connectivity index (χ2v) is 9.10. The highest BCUT2D eigenvalue weighted by molar-refractivity contribution is 6.14. The minimum Gasteiger partial charge on any atom is -0.388 e. The summed E-state index contributed by atoms with van der Waals surface area (Å²) in [7, 11) is 1.76. The molecule has 6 rings (SSSR count). The second kappa shape index (κ2) is 8.46. The summed E-state index contributed by atoms with van der Waals surface area (Å²) in [5, 5.41) is 4.51. The third-order valence-corrected chi connectivity index (χ3v) is 6.87. The molecule has 0 radical (unpaired) electrons. The van der Waals surface area contributed by atoms with Crippen LogP contribution in [0.2, 0.25) is 0 Å². The molecule has 1 aliphatic carbocycles. The number of aromatic nitrogens is 5. The van der Waals surface area contributed by atoms with Crippen molar-refractivity contribution in [1.82, 2.24) is 24.9 Å². The van der Waals surface area contributed by atoms with E-state index in [1.807, 2.05) is 0 Å². The van der Waals surface area contributed by atoms with Crippen molar-refractivity contribution in [3.05, 3.63) is 47.1 Å². The lowest BCUT2D eigenvalue weighted by Crippen LogP contribution is -2.42. The second-order valence-electron chi connectivity index (χ2n) is 9.10. The topological polar surface area (TPSA) is 118 Å². The molecule has 1 saturated carbocycles. The van der Waals surface area contributed by atoms with Gasteiger partial charge in [-0.15, -0.1) is 0 Å². The summed E-state index contributed by atoms with van der Waals surface area (Å²) >= 11 is 0. The molecule has 1 aromatic carbocycles. The van der Waals surface area contributed by atoms with Gasteiger partial charge in [0.15, 0.2) is 0 Å². The van der Waals surface area contributed by atoms with Gasteiger partial charge in [-0.25, -0.2) is 14.4 Å². The Hall–Kier alpha value is -3.79. The lowest BCUT2D eigenvalue weighted by Gasteiger charge is -2.37. The molecule has 1 saturated heterocycles. The number of nitrogens with zero attached hydrogens (tertiary/aromatic N) is 5. The quantitative estimate of drug-likeness (QED) is 0.341. The summed E-state index contributed by atoms with van der Waals surface area (Å²) in [6.07, 6.45) is 6.88. The zero-order valence-corrected chi connectivity index (χ0v) is 19.7. The van der Waals surface area contributed by atoms with Gasteiger partial charge in [0.2, 0.25) is 0 Å². The molecule has 0 atom stereocenters. The first-order valence-corrected chi connectivity index (χ1v) is 11.9. The number of fused-ring (bicyclic) bond motifs is 3. The van der Waals surface area contributed by atoms with Crippen LogP contribution in [-0.4, -0.2) is 51.6 Å². The highest BCUT2D eigenvalue weighted by atomic mass is 19.1. The first kappa shape index (κ1) is 21.7. The van der Waals surface area contributed by atoms with Crippen LogP contribution in [-0.2, 0) is 0 Å². The molecule has 1 aliphatic heterocycles. The Kier molecular flexibility index (Phi) is 5.25. The molecule has 35 heavy (non-hydrogen) atoms. The molecule has 2 aliphatic rings. The molecule has 180 valence electrons. The predicted octanol–water partition coefficient (Wildman–Crippen LogP) is 4.24. The van der Waals surface area contributed by atoms with Gasteiger partial charge in [0.05, 0.1) is 16.6 Å². The molecule has 3 aromatic heterocycles. The van der Waals surface area contributed by atoms with E-state index >= 15 is 0 Å². The minimum atomic E-state index is -0.334. The Bertz CT molecular complexity index is 1440. The van der Waals surface area contributed by atoms with E-state index in [0.717, 1.165) is 22.9 Å². The number of aromatic amines is 1. The monoisotopic (exact) mass is 474 g/mol. The van der Waals surface area contributed by atoms with Crippen molar-refractivity contribution >= 4 is 33.4 Å². The number of nitrogens with two attached hydrogens (primary N) is 1. The molecule has 0 amide bonds. The van der Waals surface area contributed by atoms with Crippen LogP contribution in [0.1, 0.15) is 37.7 Å². The number of nitrogens with one attached hydrogen (secondary N) is 2. The van der Waals surface area contributed by atoms with E-state index in [1.54, 1.807) is 19.4 Å². The highest BCUT2D eigenvalue weighted by Gasteiger charge is 2.29. The van der Waals surface area contributed by atoms with Gasteiger partial charge in [0, 0.05) is 44.5 Å². The number of benzene rings is 1. The normalized spacial score (nSPS) is 15.5. The van der Waals surface area contributed by atoms with Crippen molar-refractivity contribution in [2.24, 2.45) is 5.73 Å². The van der Waals surface area contributed by atoms with Crippen LogP contribution in [0.25, 0.3) is 21.9 Å². The fraction of sp³-hybridized carbons (Fsp3) is 0.360. The molecule has 4 heterocycles. The van der Waals surface area contributed by atoms with E-state index in [1.165, 1.54) is 36.1 Å². The van der Waals surface area contributed by atoms with Gasteiger partial charge in [-0.3, -0.25) is 0 Å². The number of anilines is 2. The molecule has 2 fully saturated rings. The summed E-state index contributed by atoms with van der Waals surface area (Å²) in [5.41, 5.74) is 11.6. The zero-order valence-electron chi connectivity index (χ0n) is 19.7. The standard InChI is InChI=1S/C25H27FN8O/c1-3-13(8-27)16-11-34(12-16)23-20-18-6-17(26)7-19(28-2)21(18)31-22(20)32-25(33-23)35-24-29-9-15(10-30-24)14-4-5-14/h6-7,9-10,14,28H,3-5,8,11-12,27H2,1-2H3,(H,31,32,33). The molecular weight excluding hydrogens is 447 g/mol. The summed E-state index contributed by atoms with van der Waals surface area (Å²) in [4.78, 5) is 23.5. The van der Waals surface area contributed by atoms with E-state index < -0.39 is 0 Å². The molecule has 9 nitrogen and oxygen atoms in total. The van der Waals surface area contributed by atoms with Gasteiger partial charge >= 0.3 is 12.0 Å². The lowest BCUT2D eigenvalue weighted by molar-refractivity contribution is 0.408. The van der Waals surface area contributed by atoms with Crippen LogP contribution in [0, 0.1) is 5.82 Å². The van der Waals surface area contributed by atoms with Crippen LogP contribution in [0.4, 0.5) is 15.9 Å². The third-order valence-electron chi connectivity index (χ3n) is 6.87. The van der Waals surface area contributed by atoms with E-state index in [2.05, 4.69) is 37.1 Å². The van der Waals surface area contributed by atoms with Crippen LogP contribution in [0.3, 0.4) is 0 Å². The summed E-state index contributed by atoms with van der Waals surface area (Å²) < 4.78 is 20.3. The van der Waals surface area contributed by atoms with Crippen molar-refractivity contribution in [3.63, 3.8) is 0 Å². The van der Waals surface area contributed by atoms with E-state index in [9.17, 15) is 4.39 Å². The predicted molar refractivity (Wildman–Crippen MR) is 134 cm³/mol. The average molecular weight is 475 g/mol. The van der Waals surface area contributed by atoms with Crippen molar-refractivity contribution in [3.8, 4) is 12.0 Å². The minimum absolute atomic E-state index is 0.136. The Morgan fingerprint density at radius 1 is 1.20 bits per heavy atom. The Labute approximate surface area is 201 Å². The molecule has 0 bridgehead atoms. The van der Waals surface area contributed by atoms with Crippen LogP contribution in [0.15, 0.2) is 35.7 Å². The highest BCUT2D eigenvalue weighted by Crippen LogP contribution is 2.40. The summed E-state index contributed by atoms with van der Waals surface area (Å²) in [6.45, 7) is 4.08. The molecule has 0 spiro atoms. The first-order valence-electron chi connectivity index (χ1n) is 11.9. The lowest BCUT2D eigenvalue weighted by atomic mass is 9.98. The number of halogens is 1. The summed E-state index contributed by atoms with van der Waals surface area (Å²) in [6, 6.07) is 3.29. The number of H-pyrrole nitrogens is 1. The maximum Gasteiger partial charge on any atom is 0.328 e. The average Bonchev–Trinajstić information content (AvgIpc) is 3.62. The molecule has 4 N–H and O–H groups in total. The molecule has 4 aromatic rings. The Morgan fingerprint density at radius 3 is 2.63 bits per heavy atom. The van der Waals surface area contributed by atoms with Gasteiger partial charge in [-0.05, 0) is 48.4 Å². The smallest absolute Gasteiger partial charge is 0.328 e. The third kappa shape index (κ3) is 3.83. The maximum absolute atomic E-state index is 14.5. The van der Waals surface area contributed by atoms with Crippen LogP contribution >= 0.6 is 0 Å². The number of hydrogen-bond acceptors (Lipinski definition) is 8. The number of rotatable bonds is 7. The van der Waals surface area contributed by atoms with Crippen molar-refractivity contribution < 1.29 is 9.13 Å². The zero-order chi connectivity index (χ0) is 24.1. The van der Waals surface area contributed by atoms with Gasteiger partial charge in [-0.2, -0.15) is 9.97 Å². The van der Waals surface area contributed by atoms with Gasteiger partial charge in [-0.1, -0.05) is 12.5 Å². The largest absolute Gasteiger partial charge is 0.388 e. The van der Waals surface area contributed by atoms with Crippen molar-refractivity contribution in [2.45, 2.75) is 32.1 Å². The molecular formula is C25H27FN8O. The van der Waals surface area contributed by atoms with Crippen molar-refractivity contribution in [2.75, 3.05) is 36.9 Å². The maximum atomic E-state index is 14.5. The Morgan fingerprint density at radius 2 is 1.97 bits per heavy atom. The molecule has 10 heteroatoms. The number of hydrogen-bond donors (Lipinski definition) is 3.